The summed E-state index contributed by atoms with van der Waals surface area (Å²) in [5.74, 6) is -1.51. The monoisotopic (exact) mass is 403 g/mol. The van der Waals surface area contributed by atoms with Crippen LogP contribution < -0.4 is 5.73 Å². The van der Waals surface area contributed by atoms with Crippen LogP contribution >= 0.6 is 0 Å². The number of nitrogens with zero attached hydrogens (tertiary/aromatic N) is 3. The second kappa shape index (κ2) is 8.43. The van der Waals surface area contributed by atoms with E-state index in [4.69, 9.17) is 10.8 Å². The van der Waals surface area contributed by atoms with Crippen LogP contribution in [-0.4, -0.2) is 30.8 Å². The number of hydrogen-bond acceptors (Lipinski definition) is 8. The van der Waals surface area contributed by atoms with Crippen molar-refractivity contribution < 1.29 is 24.7 Å². The summed E-state index contributed by atoms with van der Waals surface area (Å²) in [5.41, 5.74) is 4.12. The molecule has 3 aromatic rings. The molecule has 0 bridgehead atoms. The lowest BCUT2D eigenvalue weighted by Crippen LogP contribution is -2.13. The number of nitrogens with one attached hydrogen (secondary N) is 1. The highest BCUT2D eigenvalue weighted by Crippen LogP contribution is 2.38. The van der Waals surface area contributed by atoms with Crippen molar-refractivity contribution in [3.63, 3.8) is 0 Å². The van der Waals surface area contributed by atoms with Crippen molar-refractivity contribution >= 4 is 33.9 Å². The molecular formula is C16H13N5O8. The molecule has 0 aliphatic carbocycles. The van der Waals surface area contributed by atoms with Gasteiger partial charge in [0, 0.05) is 17.1 Å². The van der Waals surface area contributed by atoms with Crippen molar-refractivity contribution in [2.45, 2.75) is 6.42 Å². The number of hydrogen-bond donors (Lipinski definition) is 3. The maximum Gasteiger partial charge on any atom is 0.324 e. The minimum atomic E-state index is -1.21. The zero-order chi connectivity index (χ0) is 21.7. The molecule has 0 spiro atoms. The lowest BCUT2D eigenvalue weighted by atomic mass is 10.1. The number of phenolic OH excluding ortho intramolecular Hbond substituents is 1. The van der Waals surface area contributed by atoms with Gasteiger partial charge >= 0.3 is 11.4 Å². The predicted molar refractivity (Wildman–Crippen MR) is 99.3 cm³/mol. The number of primary amides is 1. The summed E-state index contributed by atoms with van der Waals surface area (Å²) in [6.07, 6.45) is 2.12. The molecule has 29 heavy (non-hydrogen) atoms. The van der Waals surface area contributed by atoms with Crippen LogP contribution in [0, 0.1) is 30.3 Å². The van der Waals surface area contributed by atoms with Crippen LogP contribution in [-0.2, 0) is 11.2 Å². The van der Waals surface area contributed by atoms with Crippen LogP contribution in [0.4, 0.5) is 17.1 Å². The molecule has 0 aliphatic heterocycles. The fourth-order valence-corrected chi connectivity index (χ4v) is 2.44. The van der Waals surface area contributed by atoms with E-state index in [9.17, 15) is 35.1 Å². The molecule has 0 saturated carbocycles. The summed E-state index contributed by atoms with van der Waals surface area (Å²) in [5, 5.41) is 41.3. The summed E-state index contributed by atoms with van der Waals surface area (Å²) in [7, 11) is 0. The average Bonchev–Trinajstić information content (AvgIpc) is 3.04. The summed E-state index contributed by atoms with van der Waals surface area (Å²) in [4.78, 5) is 41.6. The highest BCUT2D eigenvalue weighted by molar-refractivity contribution is 5.88. The second-order valence-corrected chi connectivity index (χ2v) is 5.61. The molecule has 3 rings (SSSR count). The average molecular weight is 403 g/mol. The second-order valence-electron chi connectivity index (χ2n) is 5.61. The Morgan fingerprint density at radius 3 is 2.03 bits per heavy atom. The van der Waals surface area contributed by atoms with Crippen molar-refractivity contribution in [2.24, 2.45) is 5.73 Å². The summed E-state index contributed by atoms with van der Waals surface area (Å²) in [6.45, 7) is 0. The van der Waals surface area contributed by atoms with Crippen LogP contribution in [0.2, 0.25) is 0 Å². The third-order valence-corrected chi connectivity index (χ3v) is 3.70. The molecule has 0 atom stereocenters. The van der Waals surface area contributed by atoms with Gasteiger partial charge in [-0.25, -0.2) is 0 Å². The summed E-state index contributed by atoms with van der Waals surface area (Å²) < 4.78 is 0. The Kier molecular flexibility index (Phi) is 6.03. The maximum absolute atomic E-state index is 10.7. The van der Waals surface area contributed by atoms with Gasteiger partial charge in [-0.2, -0.15) is 0 Å². The van der Waals surface area contributed by atoms with E-state index >= 15 is 0 Å². The fourth-order valence-electron chi connectivity index (χ4n) is 2.44. The Hall–Kier alpha value is -4.55. The number of amides is 1. The standard InChI is InChI=1S/C10H10N2O.C6H3N3O7/c11-10(13)5-7-6-12-9-4-2-1-3-8(7)9;10-6-4(8(13)14)1-3(7(11)12)2-5(6)9(15)16/h1-4,6,12H,5H2,(H2,11,13);1-2,10H. The first-order valence-corrected chi connectivity index (χ1v) is 7.75. The number of non-ortho nitro benzene ring substituents is 1. The van der Waals surface area contributed by atoms with E-state index in [-0.39, 0.29) is 5.91 Å². The molecule has 1 amide bonds. The number of aromatic hydroxyl groups is 1. The van der Waals surface area contributed by atoms with Crippen molar-refractivity contribution in [1.29, 1.82) is 0 Å². The highest BCUT2D eigenvalue weighted by Gasteiger charge is 2.30. The number of carbonyl (C=O) groups excluding carboxylic acids is 1. The lowest BCUT2D eigenvalue weighted by Gasteiger charge is -1.97. The summed E-state index contributed by atoms with van der Waals surface area (Å²) >= 11 is 0. The first kappa shape index (κ1) is 20.8. The molecule has 0 radical (unpaired) electrons. The van der Waals surface area contributed by atoms with E-state index in [1.165, 1.54) is 0 Å². The van der Waals surface area contributed by atoms with Gasteiger partial charge in [0.05, 0.1) is 33.3 Å². The number of H-pyrrole nitrogens is 1. The Bertz CT molecular complexity index is 1090. The number of carbonyl (C=O) groups is 1. The lowest BCUT2D eigenvalue weighted by molar-refractivity contribution is -0.404. The number of phenols is 1. The molecule has 4 N–H and O–H groups in total. The van der Waals surface area contributed by atoms with E-state index < -0.39 is 37.6 Å². The number of aromatic amines is 1. The Labute approximate surface area is 160 Å². The van der Waals surface area contributed by atoms with Crippen molar-refractivity contribution in [3.8, 4) is 5.75 Å². The van der Waals surface area contributed by atoms with Gasteiger partial charge in [0.1, 0.15) is 0 Å². The molecule has 13 heteroatoms. The number of nitro groups is 3. The number of rotatable bonds is 5. The minimum absolute atomic E-state index is 0.296. The van der Waals surface area contributed by atoms with E-state index in [1.54, 1.807) is 0 Å². The molecular weight excluding hydrogens is 390 g/mol. The van der Waals surface area contributed by atoms with Gasteiger partial charge in [-0.3, -0.25) is 35.1 Å². The van der Waals surface area contributed by atoms with Gasteiger partial charge in [0.2, 0.25) is 5.91 Å². The molecule has 0 fully saturated rings. The normalized spacial score (nSPS) is 10.1. The van der Waals surface area contributed by atoms with E-state index in [2.05, 4.69) is 4.98 Å². The molecule has 1 heterocycles. The number of fused-ring (bicyclic) bond motifs is 1. The van der Waals surface area contributed by atoms with E-state index in [0.717, 1.165) is 16.5 Å². The highest BCUT2D eigenvalue weighted by atomic mass is 16.6. The largest absolute Gasteiger partial charge is 0.497 e. The molecule has 2 aromatic carbocycles. The maximum atomic E-state index is 10.7. The third kappa shape index (κ3) is 4.79. The first-order chi connectivity index (χ1) is 13.6. The van der Waals surface area contributed by atoms with Crippen molar-refractivity contribution in [3.05, 3.63) is 78.5 Å². The van der Waals surface area contributed by atoms with Crippen LogP contribution in [0.25, 0.3) is 10.9 Å². The van der Waals surface area contributed by atoms with Gasteiger partial charge in [-0.05, 0) is 11.6 Å². The number of benzene rings is 2. The zero-order valence-electron chi connectivity index (χ0n) is 14.5. The third-order valence-electron chi connectivity index (χ3n) is 3.70. The number of para-hydroxylation sites is 1. The molecule has 0 unspecified atom stereocenters. The molecule has 150 valence electrons. The molecule has 0 aliphatic rings. The van der Waals surface area contributed by atoms with Gasteiger partial charge in [-0.1, -0.05) is 18.2 Å². The van der Waals surface area contributed by atoms with Crippen LogP contribution in [0.1, 0.15) is 5.56 Å². The van der Waals surface area contributed by atoms with Gasteiger partial charge < -0.3 is 15.8 Å². The first-order valence-electron chi connectivity index (χ1n) is 7.75. The Morgan fingerprint density at radius 2 is 1.55 bits per heavy atom. The molecule has 0 saturated heterocycles. The topological polar surface area (TPSA) is 209 Å². The number of nitro benzene ring substituents is 3. The van der Waals surface area contributed by atoms with Crippen LogP contribution in [0.3, 0.4) is 0 Å². The fraction of sp³-hybridized carbons (Fsp3) is 0.0625. The quantitative estimate of drug-likeness (QED) is 0.424. The van der Waals surface area contributed by atoms with Crippen LogP contribution in [0.5, 0.6) is 5.75 Å². The van der Waals surface area contributed by atoms with Gasteiger partial charge in [0.25, 0.3) is 11.4 Å². The van der Waals surface area contributed by atoms with E-state index in [0.29, 0.717) is 18.6 Å². The molecule has 13 nitrogen and oxygen atoms in total. The predicted octanol–water partition coefficient (Wildman–Crippen LogP) is 2.31. The molecule has 1 aromatic heterocycles. The smallest absolute Gasteiger partial charge is 0.324 e. The SMILES string of the molecule is NC(=O)Cc1c[nH]c2ccccc12.O=[N+]([O-])c1cc([N+](=O)[O-])c(O)c([N+](=O)[O-])c1. The van der Waals surface area contributed by atoms with Gasteiger partial charge in [0.15, 0.2) is 0 Å². The van der Waals surface area contributed by atoms with Gasteiger partial charge in [-0.15, -0.1) is 0 Å². The minimum Gasteiger partial charge on any atom is -0.497 e. The zero-order valence-corrected chi connectivity index (χ0v) is 14.5. The number of aromatic nitrogens is 1. The Balaban J connectivity index is 0.000000211. The van der Waals surface area contributed by atoms with Crippen molar-refractivity contribution in [2.75, 3.05) is 0 Å². The summed E-state index contributed by atoms with van der Waals surface area (Å²) in [6, 6.07) is 8.74. The Morgan fingerprint density at radius 1 is 1.00 bits per heavy atom. The van der Waals surface area contributed by atoms with Crippen molar-refractivity contribution in [1.82, 2.24) is 4.98 Å². The van der Waals surface area contributed by atoms with E-state index in [1.807, 2.05) is 30.5 Å². The number of nitrogens with two attached hydrogens (primary N) is 1. The van der Waals surface area contributed by atoms with Crippen LogP contribution in [0.15, 0.2) is 42.6 Å².